The lowest BCUT2D eigenvalue weighted by Crippen LogP contribution is -2.39. The number of hydrogen-bond donors (Lipinski definition) is 2. The molecule has 0 aliphatic carbocycles. The predicted molar refractivity (Wildman–Crippen MR) is 107 cm³/mol. The van der Waals surface area contributed by atoms with Gasteiger partial charge in [-0.1, -0.05) is 12.1 Å². The molecule has 2 rings (SSSR count). The van der Waals surface area contributed by atoms with Gasteiger partial charge < -0.3 is 15.0 Å². The fraction of sp³-hybridized carbons (Fsp3) is 0.368. The Kier molecular flexibility index (Phi) is 8.68. The number of rotatable bonds is 10. The number of nitrogens with zero attached hydrogens (tertiary/aromatic N) is 2. The van der Waals surface area contributed by atoms with Crippen LogP contribution < -0.4 is 10.6 Å². The number of methoxy groups -OCH3 is 1. The molecule has 29 heavy (non-hydrogen) atoms. The summed E-state index contributed by atoms with van der Waals surface area (Å²) in [7, 11) is 3.12. The Balaban J connectivity index is 1.82. The third kappa shape index (κ3) is 7.24. The molecule has 2 aromatic rings. The molecule has 0 aliphatic rings. The Labute approximate surface area is 172 Å². The fourth-order valence-corrected chi connectivity index (χ4v) is 3.05. The average Bonchev–Trinajstić information content (AvgIpc) is 3.12. The van der Waals surface area contributed by atoms with Crippen molar-refractivity contribution in [2.75, 3.05) is 39.2 Å². The second-order valence-corrected chi connectivity index (χ2v) is 7.06. The molecule has 0 spiro atoms. The summed E-state index contributed by atoms with van der Waals surface area (Å²) in [6.07, 6.45) is 0.680. The number of likely N-dealkylation sites (N-methyl/N-ethyl adjacent to an activating group) is 1. The van der Waals surface area contributed by atoms with E-state index in [1.807, 2.05) is 0 Å². The van der Waals surface area contributed by atoms with Crippen LogP contribution in [0.3, 0.4) is 0 Å². The average molecular weight is 422 g/mol. The number of nitrogens with one attached hydrogen (secondary N) is 2. The summed E-state index contributed by atoms with van der Waals surface area (Å²) in [6, 6.07) is 5.63. The first-order chi connectivity index (χ1) is 13.9. The number of aromatic nitrogens is 1. The number of benzene rings is 1. The van der Waals surface area contributed by atoms with Gasteiger partial charge in [0.2, 0.25) is 11.8 Å². The van der Waals surface area contributed by atoms with Crippen LogP contribution >= 0.6 is 11.3 Å². The minimum atomic E-state index is -0.626. The Morgan fingerprint density at radius 2 is 2.03 bits per heavy atom. The zero-order valence-corrected chi connectivity index (χ0v) is 17.1. The molecule has 0 fully saturated rings. The first-order valence-electron chi connectivity index (χ1n) is 8.90. The molecule has 10 heteroatoms. The molecule has 1 aromatic heterocycles. The van der Waals surface area contributed by atoms with Gasteiger partial charge in [-0.3, -0.25) is 19.7 Å². The normalized spacial score (nSPS) is 10.4. The van der Waals surface area contributed by atoms with Crippen LogP contribution in [-0.4, -0.2) is 61.5 Å². The van der Waals surface area contributed by atoms with Crippen LogP contribution in [0.4, 0.5) is 9.52 Å². The zero-order valence-electron chi connectivity index (χ0n) is 16.2. The molecule has 3 amide bonds. The van der Waals surface area contributed by atoms with Crippen molar-refractivity contribution in [2.24, 2.45) is 0 Å². The molecule has 0 saturated carbocycles. The van der Waals surface area contributed by atoms with E-state index in [2.05, 4.69) is 15.6 Å². The van der Waals surface area contributed by atoms with Crippen LogP contribution in [0.2, 0.25) is 0 Å². The van der Waals surface area contributed by atoms with E-state index in [-0.39, 0.29) is 35.5 Å². The smallest absolute Gasteiger partial charge is 0.260 e. The number of carbonyl (C=O) groups excluding carboxylic acids is 3. The van der Waals surface area contributed by atoms with Gasteiger partial charge in [0, 0.05) is 32.7 Å². The monoisotopic (exact) mass is 422 g/mol. The summed E-state index contributed by atoms with van der Waals surface area (Å²) in [5, 5.41) is 7.12. The van der Waals surface area contributed by atoms with Crippen molar-refractivity contribution >= 4 is 34.2 Å². The second kappa shape index (κ2) is 11.2. The minimum absolute atomic E-state index is 0.0144. The number of halogens is 1. The molecule has 0 saturated heterocycles. The Morgan fingerprint density at radius 1 is 1.28 bits per heavy atom. The maximum absolute atomic E-state index is 13.7. The van der Waals surface area contributed by atoms with Gasteiger partial charge in [0.15, 0.2) is 5.13 Å². The van der Waals surface area contributed by atoms with E-state index >= 15 is 0 Å². The summed E-state index contributed by atoms with van der Waals surface area (Å²) in [4.78, 5) is 41.7. The molecule has 0 aliphatic heterocycles. The van der Waals surface area contributed by atoms with Gasteiger partial charge in [-0.05, 0) is 18.6 Å². The number of anilines is 1. The highest BCUT2D eigenvalue weighted by Crippen LogP contribution is 2.18. The molecular formula is C19H23FN4O4S. The van der Waals surface area contributed by atoms with Crippen molar-refractivity contribution in [2.45, 2.75) is 12.8 Å². The number of hydrogen-bond acceptors (Lipinski definition) is 6. The maximum Gasteiger partial charge on any atom is 0.260 e. The molecule has 0 atom stereocenters. The molecule has 8 nitrogen and oxygen atoms in total. The van der Waals surface area contributed by atoms with Crippen molar-refractivity contribution in [3.05, 3.63) is 46.7 Å². The molecule has 1 heterocycles. The molecule has 0 radical (unpaired) electrons. The van der Waals surface area contributed by atoms with Gasteiger partial charge >= 0.3 is 0 Å². The summed E-state index contributed by atoms with van der Waals surface area (Å²) < 4.78 is 18.6. The molecule has 0 bridgehead atoms. The van der Waals surface area contributed by atoms with E-state index in [9.17, 15) is 18.8 Å². The van der Waals surface area contributed by atoms with Gasteiger partial charge in [0.05, 0.1) is 24.2 Å². The number of ether oxygens (including phenoxy) is 1. The van der Waals surface area contributed by atoms with Crippen LogP contribution in [0, 0.1) is 5.82 Å². The van der Waals surface area contributed by atoms with Gasteiger partial charge in [-0.25, -0.2) is 9.37 Å². The van der Waals surface area contributed by atoms with E-state index < -0.39 is 11.7 Å². The number of amides is 3. The molecule has 156 valence electrons. The van der Waals surface area contributed by atoms with Gasteiger partial charge in [0.25, 0.3) is 5.91 Å². The van der Waals surface area contributed by atoms with E-state index in [1.54, 1.807) is 18.6 Å². The van der Waals surface area contributed by atoms with Crippen LogP contribution in [0.25, 0.3) is 0 Å². The van der Waals surface area contributed by atoms with E-state index in [0.717, 1.165) is 11.3 Å². The summed E-state index contributed by atoms with van der Waals surface area (Å²) >= 11 is 1.13. The third-order valence-electron chi connectivity index (χ3n) is 3.88. The van der Waals surface area contributed by atoms with Gasteiger partial charge in [-0.15, -0.1) is 11.3 Å². The van der Waals surface area contributed by atoms with E-state index in [1.165, 1.54) is 30.1 Å². The predicted octanol–water partition coefficient (Wildman–Crippen LogP) is 1.69. The highest BCUT2D eigenvalue weighted by Gasteiger charge is 2.17. The Bertz CT molecular complexity index is 858. The van der Waals surface area contributed by atoms with Crippen molar-refractivity contribution in [1.82, 2.24) is 15.2 Å². The van der Waals surface area contributed by atoms with Crippen LogP contribution in [0.5, 0.6) is 0 Å². The standard InChI is InChI=1S/C19H23FN4O4S/c1-24(11-16(25)21-8-5-9-28-2)17(26)10-13-12-29-19(22-13)23-18(27)14-6-3-4-7-15(14)20/h3-4,6-7,12H,5,8-11H2,1-2H3,(H,21,25)(H,22,23,27). The highest BCUT2D eigenvalue weighted by atomic mass is 32.1. The Morgan fingerprint density at radius 3 is 2.76 bits per heavy atom. The molecule has 2 N–H and O–H groups in total. The fourth-order valence-electron chi connectivity index (χ4n) is 2.35. The summed E-state index contributed by atoms with van der Waals surface area (Å²) in [6.45, 7) is 0.966. The minimum Gasteiger partial charge on any atom is -0.385 e. The van der Waals surface area contributed by atoms with Crippen molar-refractivity contribution in [3.8, 4) is 0 Å². The highest BCUT2D eigenvalue weighted by molar-refractivity contribution is 7.14. The van der Waals surface area contributed by atoms with Crippen molar-refractivity contribution < 1.29 is 23.5 Å². The lowest BCUT2D eigenvalue weighted by Gasteiger charge is -2.16. The molecule has 1 aromatic carbocycles. The first kappa shape index (κ1) is 22.4. The maximum atomic E-state index is 13.7. The van der Waals surface area contributed by atoms with E-state index in [4.69, 9.17) is 4.74 Å². The molecule has 0 unspecified atom stereocenters. The van der Waals surface area contributed by atoms with E-state index in [0.29, 0.717) is 25.3 Å². The lowest BCUT2D eigenvalue weighted by atomic mass is 10.2. The summed E-state index contributed by atoms with van der Waals surface area (Å²) in [5.41, 5.74) is 0.368. The summed E-state index contributed by atoms with van der Waals surface area (Å²) in [5.74, 6) is -1.78. The van der Waals surface area contributed by atoms with Gasteiger partial charge in [0.1, 0.15) is 5.82 Å². The third-order valence-corrected chi connectivity index (χ3v) is 4.68. The zero-order chi connectivity index (χ0) is 21.2. The number of carbonyl (C=O) groups is 3. The van der Waals surface area contributed by atoms with Crippen LogP contribution in [0.1, 0.15) is 22.5 Å². The first-order valence-corrected chi connectivity index (χ1v) is 9.78. The SMILES string of the molecule is COCCCNC(=O)CN(C)C(=O)Cc1csc(NC(=O)c2ccccc2F)n1. The number of thiazole rings is 1. The quantitative estimate of drug-likeness (QED) is 0.568. The second-order valence-electron chi connectivity index (χ2n) is 6.20. The topological polar surface area (TPSA) is 101 Å². The van der Waals surface area contributed by atoms with Crippen molar-refractivity contribution in [3.63, 3.8) is 0 Å². The van der Waals surface area contributed by atoms with Crippen molar-refractivity contribution in [1.29, 1.82) is 0 Å². The van der Waals surface area contributed by atoms with Crippen LogP contribution in [-0.2, 0) is 20.7 Å². The lowest BCUT2D eigenvalue weighted by molar-refractivity contribution is -0.134. The molecular weight excluding hydrogens is 399 g/mol. The van der Waals surface area contributed by atoms with Crippen LogP contribution in [0.15, 0.2) is 29.6 Å². The Hall–Kier alpha value is -2.85. The van der Waals surface area contributed by atoms with Gasteiger partial charge in [-0.2, -0.15) is 0 Å². The largest absolute Gasteiger partial charge is 0.385 e.